The molecule has 0 aliphatic carbocycles. The second-order valence-corrected chi connectivity index (χ2v) is 4.52. The van der Waals surface area contributed by atoms with Crippen LogP contribution in [-0.4, -0.2) is 42.1 Å². The highest BCUT2D eigenvalue weighted by Crippen LogP contribution is 2.19. The van der Waals surface area contributed by atoms with Crippen molar-refractivity contribution in [1.82, 2.24) is 9.88 Å². The summed E-state index contributed by atoms with van der Waals surface area (Å²) in [7, 11) is 0. The lowest BCUT2D eigenvalue weighted by molar-refractivity contribution is 0.0299. The van der Waals surface area contributed by atoms with E-state index >= 15 is 0 Å². The van der Waals surface area contributed by atoms with Gasteiger partial charge in [-0.05, 0) is 12.1 Å². The molecule has 19 heavy (non-hydrogen) atoms. The summed E-state index contributed by atoms with van der Waals surface area (Å²) in [6.07, 6.45) is 0. The summed E-state index contributed by atoms with van der Waals surface area (Å²) in [5.41, 5.74) is 7.61. The highest BCUT2D eigenvalue weighted by molar-refractivity contribution is 5.97. The quantitative estimate of drug-likeness (QED) is 0.782. The van der Waals surface area contributed by atoms with Crippen molar-refractivity contribution in [3.63, 3.8) is 0 Å². The molecule has 5 nitrogen and oxygen atoms in total. The van der Waals surface area contributed by atoms with E-state index in [4.69, 9.17) is 10.5 Å². The van der Waals surface area contributed by atoms with Crippen LogP contribution in [0.15, 0.2) is 30.3 Å². The van der Waals surface area contributed by atoms with Crippen LogP contribution in [0.25, 0.3) is 10.9 Å². The van der Waals surface area contributed by atoms with Gasteiger partial charge in [0.05, 0.1) is 24.4 Å². The third-order valence-electron chi connectivity index (χ3n) is 3.27. The van der Waals surface area contributed by atoms with E-state index < -0.39 is 0 Å². The number of nitrogen functional groups attached to an aromatic ring is 1. The molecule has 98 valence electrons. The summed E-state index contributed by atoms with van der Waals surface area (Å²) in [4.78, 5) is 18.5. The molecule has 2 heterocycles. The van der Waals surface area contributed by atoms with E-state index in [0.717, 1.165) is 5.39 Å². The molecule has 0 atom stereocenters. The van der Waals surface area contributed by atoms with E-state index in [1.807, 2.05) is 18.2 Å². The Morgan fingerprint density at radius 3 is 2.79 bits per heavy atom. The minimum atomic E-state index is -0.0616. The fourth-order valence-electron chi connectivity index (χ4n) is 2.22. The largest absolute Gasteiger partial charge is 0.397 e. The van der Waals surface area contributed by atoms with Gasteiger partial charge in [-0.1, -0.05) is 18.2 Å². The van der Waals surface area contributed by atoms with Crippen molar-refractivity contribution in [1.29, 1.82) is 0 Å². The lowest BCUT2D eigenvalue weighted by atomic mass is 10.1. The number of carbonyl (C=O) groups is 1. The summed E-state index contributed by atoms with van der Waals surface area (Å²) in [5, 5.41) is 0.943. The molecule has 0 saturated carbocycles. The molecule has 0 unspecified atom stereocenters. The van der Waals surface area contributed by atoms with Crippen molar-refractivity contribution in [3.8, 4) is 0 Å². The summed E-state index contributed by atoms with van der Waals surface area (Å²) < 4.78 is 5.24. The number of anilines is 1. The third kappa shape index (κ3) is 2.24. The summed E-state index contributed by atoms with van der Waals surface area (Å²) >= 11 is 0. The Morgan fingerprint density at radius 2 is 2.00 bits per heavy atom. The van der Waals surface area contributed by atoms with E-state index in [0.29, 0.717) is 43.2 Å². The van der Waals surface area contributed by atoms with Crippen LogP contribution in [0.1, 0.15) is 10.5 Å². The zero-order chi connectivity index (χ0) is 13.2. The molecule has 0 bridgehead atoms. The Kier molecular flexibility index (Phi) is 3.05. The predicted octanol–water partition coefficient (Wildman–Crippen LogP) is 1.29. The molecule has 1 aromatic heterocycles. The third-order valence-corrected chi connectivity index (χ3v) is 3.27. The second kappa shape index (κ2) is 4.85. The van der Waals surface area contributed by atoms with Gasteiger partial charge in [-0.25, -0.2) is 4.98 Å². The van der Waals surface area contributed by atoms with Crippen LogP contribution < -0.4 is 5.73 Å². The number of amides is 1. The lowest BCUT2D eigenvalue weighted by Gasteiger charge is -2.26. The second-order valence-electron chi connectivity index (χ2n) is 4.52. The number of rotatable bonds is 1. The van der Waals surface area contributed by atoms with Crippen molar-refractivity contribution in [2.24, 2.45) is 0 Å². The first kappa shape index (κ1) is 11.9. The first-order valence-corrected chi connectivity index (χ1v) is 6.28. The van der Waals surface area contributed by atoms with Gasteiger partial charge in [0, 0.05) is 18.5 Å². The first-order valence-electron chi connectivity index (χ1n) is 6.28. The molecule has 2 N–H and O–H groups in total. The average molecular weight is 257 g/mol. The van der Waals surface area contributed by atoms with Crippen LogP contribution in [0, 0.1) is 0 Å². The number of carbonyl (C=O) groups excluding carboxylic acids is 1. The molecule has 1 fully saturated rings. The van der Waals surface area contributed by atoms with Crippen molar-refractivity contribution in [3.05, 3.63) is 36.0 Å². The van der Waals surface area contributed by atoms with Crippen LogP contribution >= 0.6 is 0 Å². The van der Waals surface area contributed by atoms with E-state index in [-0.39, 0.29) is 5.91 Å². The molecule has 1 saturated heterocycles. The Morgan fingerprint density at radius 1 is 1.21 bits per heavy atom. The van der Waals surface area contributed by atoms with Crippen LogP contribution in [-0.2, 0) is 4.74 Å². The molecule has 0 radical (unpaired) electrons. The molecule has 1 aliphatic rings. The molecule has 1 aromatic carbocycles. The van der Waals surface area contributed by atoms with E-state index in [1.165, 1.54) is 0 Å². The molecular formula is C14H15N3O2. The van der Waals surface area contributed by atoms with Crippen molar-refractivity contribution in [2.45, 2.75) is 0 Å². The molecule has 1 amide bonds. The van der Waals surface area contributed by atoms with Crippen molar-refractivity contribution >= 4 is 22.5 Å². The van der Waals surface area contributed by atoms with Gasteiger partial charge in [0.15, 0.2) is 0 Å². The first-order chi connectivity index (χ1) is 9.25. The molecule has 2 aromatic rings. The van der Waals surface area contributed by atoms with Gasteiger partial charge < -0.3 is 15.4 Å². The number of nitrogens with zero attached hydrogens (tertiary/aromatic N) is 2. The number of hydrogen-bond donors (Lipinski definition) is 1. The standard InChI is InChI=1S/C14H15N3O2/c15-11-3-1-2-10-4-5-12(16-13(10)11)14(18)17-6-8-19-9-7-17/h1-5H,6-9,15H2. The monoisotopic (exact) mass is 257 g/mol. The maximum Gasteiger partial charge on any atom is 0.272 e. The average Bonchev–Trinajstić information content (AvgIpc) is 2.47. The molecule has 0 spiro atoms. The van der Waals surface area contributed by atoms with Crippen LogP contribution in [0.5, 0.6) is 0 Å². The van der Waals surface area contributed by atoms with Crippen LogP contribution in [0.3, 0.4) is 0 Å². The fraction of sp³-hybridized carbons (Fsp3) is 0.286. The minimum absolute atomic E-state index is 0.0616. The number of benzene rings is 1. The molecular weight excluding hydrogens is 242 g/mol. The number of para-hydroxylation sites is 1. The number of nitrogens with two attached hydrogens (primary N) is 1. The topological polar surface area (TPSA) is 68.5 Å². The van der Waals surface area contributed by atoms with Gasteiger partial charge >= 0.3 is 0 Å². The lowest BCUT2D eigenvalue weighted by Crippen LogP contribution is -2.41. The zero-order valence-electron chi connectivity index (χ0n) is 10.5. The van der Waals surface area contributed by atoms with Gasteiger partial charge in [0.2, 0.25) is 0 Å². The van der Waals surface area contributed by atoms with Crippen LogP contribution in [0.2, 0.25) is 0 Å². The SMILES string of the molecule is Nc1cccc2ccc(C(=O)N3CCOCC3)nc12. The summed E-state index contributed by atoms with van der Waals surface area (Å²) in [5.74, 6) is -0.0616. The number of morpholine rings is 1. The van der Waals surface area contributed by atoms with Gasteiger partial charge in [0.1, 0.15) is 5.69 Å². The number of pyridine rings is 1. The van der Waals surface area contributed by atoms with Crippen molar-refractivity contribution < 1.29 is 9.53 Å². The molecule has 1 aliphatic heterocycles. The molecule has 3 rings (SSSR count). The van der Waals surface area contributed by atoms with Gasteiger partial charge in [-0.2, -0.15) is 0 Å². The highest BCUT2D eigenvalue weighted by atomic mass is 16.5. The maximum absolute atomic E-state index is 12.3. The minimum Gasteiger partial charge on any atom is -0.397 e. The van der Waals surface area contributed by atoms with E-state index in [1.54, 1.807) is 17.0 Å². The highest BCUT2D eigenvalue weighted by Gasteiger charge is 2.19. The Hall–Kier alpha value is -2.14. The Labute approximate surface area is 111 Å². The van der Waals surface area contributed by atoms with Crippen molar-refractivity contribution in [2.75, 3.05) is 32.0 Å². The Bertz CT molecular complexity index is 621. The van der Waals surface area contributed by atoms with Gasteiger partial charge in [0.25, 0.3) is 5.91 Å². The predicted molar refractivity (Wildman–Crippen MR) is 72.9 cm³/mol. The Balaban J connectivity index is 1.96. The number of ether oxygens (including phenoxy) is 1. The van der Waals surface area contributed by atoms with E-state index in [9.17, 15) is 4.79 Å². The number of hydrogen-bond acceptors (Lipinski definition) is 4. The van der Waals surface area contributed by atoms with E-state index in [2.05, 4.69) is 4.98 Å². The summed E-state index contributed by atoms with van der Waals surface area (Å²) in [6, 6.07) is 9.23. The normalized spacial score (nSPS) is 15.7. The number of fused-ring (bicyclic) bond motifs is 1. The van der Waals surface area contributed by atoms with Gasteiger partial charge in [-0.3, -0.25) is 4.79 Å². The maximum atomic E-state index is 12.3. The van der Waals surface area contributed by atoms with Crippen LogP contribution in [0.4, 0.5) is 5.69 Å². The summed E-state index contributed by atoms with van der Waals surface area (Å²) in [6.45, 7) is 2.40. The zero-order valence-corrected chi connectivity index (χ0v) is 10.5. The smallest absolute Gasteiger partial charge is 0.272 e. The fourth-order valence-corrected chi connectivity index (χ4v) is 2.22. The van der Waals surface area contributed by atoms with Gasteiger partial charge in [-0.15, -0.1) is 0 Å². The molecule has 5 heteroatoms. The number of aromatic nitrogens is 1.